The Balaban J connectivity index is 2.50. The number of benzene rings is 1. The number of hydrogen-bond acceptors (Lipinski definition) is 3. The van der Waals surface area contributed by atoms with Gasteiger partial charge in [0.2, 0.25) is 0 Å². The van der Waals surface area contributed by atoms with Crippen molar-refractivity contribution in [1.29, 1.82) is 0 Å². The van der Waals surface area contributed by atoms with Gasteiger partial charge < -0.3 is 16.0 Å². The minimum atomic E-state index is 0.450. The van der Waals surface area contributed by atoms with Gasteiger partial charge in [-0.05, 0) is 58.1 Å². The fourth-order valence-electron chi connectivity index (χ4n) is 1.80. The van der Waals surface area contributed by atoms with E-state index in [0.717, 1.165) is 30.8 Å². The van der Waals surface area contributed by atoms with Gasteiger partial charge in [-0.1, -0.05) is 18.3 Å². The van der Waals surface area contributed by atoms with Gasteiger partial charge >= 0.3 is 0 Å². The summed E-state index contributed by atoms with van der Waals surface area (Å²) in [5.41, 5.74) is 8.92. The molecular formula is C14H23N3S. The van der Waals surface area contributed by atoms with Crippen molar-refractivity contribution in [3.63, 3.8) is 0 Å². The molecule has 0 spiro atoms. The maximum absolute atomic E-state index is 5.72. The minimum absolute atomic E-state index is 0.450. The molecule has 3 nitrogen and oxygen atoms in total. The first-order valence-corrected chi connectivity index (χ1v) is 6.70. The Morgan fingerprint density at radius 2 is 2.06 bits per heavy atom. The highest BCUT2D eigenvalue weighted by Crippen LogP contribution is 2.17. The third kappa shape index (κ3) is 5.02. The molecule has 0 saturated heterocycles. The highest BCUT2D eigenvalue weighted by atomic mass is 32.1. The summed E-state index contributed by atoms with van der Waals surface area (Å²) in [6.07, 6.45) is 2.33. The zero-order valence-electron chi connectivity index (χ0n) is 11.5. The zero-order valence-corrected chi connectivity index (χ0v) is 12.3. The molecule has 0 fully saturated rings. The quantitative estimate of drug-likeness (QED) is 0.587. The van der Waals surface area contributed by atoms with Crippen LogP contribution in [0.5, 0.6) is 0 Å². The van der Waals surface area contributed by atoms with Gasteiger partial charge in [-0.3, -0.25) is 0 Å². The van der Waals surface area contributed by atoms with E-state index in [2.05, 4.69) is 37.3 Å². The van der Waals surface area contributed by atoms with Crippen molar-refractivity contribution in [2.75, 3.05) is 32.5 Å². The molecule has 1 rings (SSSR count). The average Bonchev–Trinajstić information content (AvgIpc) is 2.27. The van der Waals surface area contributed by atoms with Gasteiger partial charge in [-0.15, -0.1) is 0 Å². The summed E-state index contributed by atoms with van der Waals surface area (Å²) >= 11 is 5.06. The Bertz CT molecular complexity index is 402. The summed E-state index contributed by atoms with van der Waals surface area (Å²) in [5.74, 6) is 0. The predicted octanol–water partition coefficient (Wildman–Crippen LogP) is 2.38. The standard InChI is InChI=1S/C14H23N3S/c1-11-6-7-12(14(15)18)13(10-11)16-8-4-5-9-17(2)3/h6-7,10,16H,4-5,8-9H2,1-3H3,(H2,15,18). The lowest BCUT2D eigenvalue weighted by atomic mass is 10.1. The third-order valence-electron chi connectivity index (χ3n) is 2.79. The Morgan fingerprint density at radius 3 is 2.67 bits per heavy atom. The topological polar surface area (TPSA) is 41.3 Å². The number of unbranched alkanes of at least 4 members (excludes halogenated alkanes) is 1. The SMILES string of the molecule is Cc1ccc(C(N)=S)c(NCCCCN(C)C)c1. The number of nitrogens with zero attached hydrogens (tertiary/aromatic N) is 1. The van der Waals surface area contributed by atoms with E-state index in [9.17, 15) is 0 Å². The molecule has 100 valence electrons. The first-order chi connectivity index (χ1) is 8.50. The fourth-order valence-corrected chi connectivity index (χ4v) is 1.97. The summed E-state index contributed by atoms with van der Waals surface area (Å²) in [6, 6.07) is 6.12. The molecule has 0 aliphatic heterocycles. The van der Waals surface area contributed by atoms with Crippen LogP contribution in [0.4, 0.5) is 5.69 Å². The predicted molar refractivity (Wildman–Crippen MR) is 83.3 cm³/mol. The number of nitrogens with two attached hydrogens (primary N) is 1. The third-order valence-corrected chi connectivity index (χ3v) is 3.01. The van der Waals surface area contributed by atoms with Gasteiger partial charge in [0.1, 0.15) is 4.99 Å². The van der Waals surface area contributed by atoms with E-state index in [1.54, 1.807) is 0 Å². The van der Waals surface area contributed by atoms with Crippen LogP contribution in [-0.2, 0) is 0 Å². The average molecular weight is 265 g/mol. The highest BCUT2D eigenvalue weighted by molar-refractivity contribution is 7.80. The minimum Gasteiger partial charge on any atom is -0.389 e. The summed E-state index contributed by atoms with van der Waals surface area (Å²) in [5, 5.41) is 3.42. The van der Waals surface area contributed by atoms with Crippen LogP contribution in [0.25, 0.3) is 0 Å². The number of hydrogen-bond donors (Lipinski definition) is 2. The normalized spacial score (nSPS) is 10.7. The summed E-state index contributed by atoms with van der Waals surface area (Å²) in [4.78, 5) is 2.65. The Morgan fingerprint density at radius 1 is 1.33 bits per heavy atom. The molecule has 1 aromatic rings. The second kappa shape index (κ2) is 7.34. The lowest BCUT2D eigenvalue weighted by molar-refractivity contribution is 0.396. The Hall–Kier alpha value is -1.13. The zero-order chi connectivity index (χ0) is 13.5. The lowest BCUT2D eigenvalue weighted by Gasteiger charge is -2.13. The number of aryl methyl sites for hydroxylation is 1. The van der Waals surface area contributed by atoms with Crippen LogP contribution in [0.15, 0.2) is 18.2 Å². The van der Waals surface area contributed by atoms with E-state index in [1.165, 1.54) is 12.0 Å². The molecule has 0 aromatic heterocycles. The number of thiocarbonyl (C=S) groups is 1. The smallest absolute Gasteiger partial charge is 0.106 e. The van der Waals surface area contributed by atoms with Gasteiger partial charge in [0.05, 0.1) is 0 Å². The maximum atomic E-state index is 5.72. The van der Waals surface area contributed by atoms with E-state index in [1.807, 2.05) is 12.1 Å². The van der Waals surface area contributed by atoms with Gasteiger partial charge in [-0.25, -0.2) is 0 Å². The van der Waals surface area contributed by atoms with Gasteiger partial charge in [0, 0.05) is 17.8 Å². The molecule has 1 aromatic carbocycles. The Labute approximate surface area is 115 Å². The van der Waals surface area contributed by atoms with Crippen molar-refractivity contribution in [1.82, 2.24) is 4.90 Å². The summed E-state index contributed by atoms with van der Waals surface area (Å²) in [6.45, 7) is 4.14. The van der Waals surface area contributed by atoms with Gasteiger partial charge in [-0.2, -0.15) is 0 Å². The lowest BCUT2D eigenvalue weighted by Crippen LogP contribution is -2.16. The first kappa shape index (κ1) is 14.9. The van der Waals surface area contributed by atoms with E-state index in [0.29, 0.717) is 4.99 Å². The monoisotopic (exact) mass is 265 g/mol. The molecule has 0 saturated carbocycles. The second-order valence-corrected chi connectivity index (χ2v) is 5.29. The van der Waals surface area contributed by atoms with Crippen LogP contribution in [0.1, 0.15) is 24.0 Å². The molecule has 0 unspecified atom stereocenters. The van der Waals surface area contributed by atoms with Crippen LogP contribution >= 0.6 is 12.2 Å². The van der Waals surface area contributed by atoms with E-state index in [4.69, 9.17) is 18.0 Å². The number of anilines is 1. The van der Waals surface area contributed by atoms with Crippen LogP contribution in [0, 0.1) is 6.92 Å². The highest BCUT2D eigenvalue weighted by Gasteiger charge is 2.04. The number of nitrogens with one attached hydrogen (secondary N) is 1. The molecule has 0 radical (unpaired) electrons. The van der Waals surface area contributed by atoms with Crippen LogP contribution < -0.4 is 11.1 Å². The summed E-state index contributed by atoms with van der Waals surface area (Å²) < 4.78 is 0. The van der Waals surface area contributed by atoms with Crippen LogP contribution in [0.2, 0.25) is 0 Å². The van der Waals surface area contributed by atoms with Crippen molar-refractivity contribution in [2.24, 2.45) is 5.73 Å². The summed E-state index contributed by atoms with van der Waals surface area (Å²) in [7, 11) is 4.19. The molecule has 0 atom stereocenters. The molecule has 18 heavy (non-hydrogen) atoms. The van der Waals surface area contributed by atoms with Crippen molar-refractivity contribution in [2.45, 2.75) is 19.8 Å². The van der Waals surface area contributed by atoms with Crippen molar-refractivity contribution in [3.05, 3.63) is 29.3 Å². The van der Waals surface area contributed by atoms with E-state index >= 15 is 0 Å². The van der Waals surface area contributed by atoms with Crippen LogP contribution in [0.3, 0.4) is 0 Å². The fraction of sp³-hybridized carbons (Fsp3) is 0.500. The van der Waals surface area contributed by atoms with Gasteiger partial charge in [0.15, 0.2) is 0 Å². The van der Waals surface area contributed by atoms with Crippen molar-refractivity contribution in [3.8, 4) is 0 Å². The van der Waals surface area contributed by atoms with Crippen molar-refractivity contribution < 1.29 is 0 Å². The molecule has 0 bridgehead atoms. The molecule has 3 N–H and O–H groups in total. The molecule has 4 heteroatoms. The molecular weight excluding hydrogens is 242 g/mol. The molecule has 0 heterocycles. The second-order valence-electron chi connectivity index (χ2n) is 4.85. The largest absolute Gasteiger partial charge is 0.389 e. The Kier molecular flexibility index (Phi) is 6.09. The molecule has 0 aliphatic carbocycles. The number of rotatable bonds is 7. The van der Waals surface area contributed by atoms with Gasteiger partial charge in [0.25, 0.3) is 0 Å². The molecule has 0 amide bonds. The van der Waals surface area contributed by atoms with Crippen LogP contribution in [-0.4, -0.2) is 37.1 Å². The molecule has 0 aliphatic rings. The van der Waals surface area contributed by atoms with E-state index < -0.39 is 0 Å². The maximum Gasteiger partial charge on any atom is 0.106 e. The van der Waals surface area contributed by atoms with Crippen molar-refractivity contribution >= 4 is 22.9 Å². The van der Waals surface area contributed by atoms with E-state index in [-0.39, 0.29) is 0 Å². The first-order valence-electron chi connectivity index (χ1n) is 6.30.